The normalized spacial score (nSPS) is 9.70. The molecule has 0 aliphatic heterocycles. The van der Waals surface area contributed by atoms with Crippen LogP contribution in [0.2, 0.25) is 0 Å². The lowest BCUT2D eigenvalue weighted by atomic mass is 10.4. The fraction of sp³-hybridized carbons (Fsp3) is 0.167. The molecule has 1 heterocycles. The van der Waals surface area contributed by atoms with Crippen LogP contribution in [0, 0.1) is 0 Å². The second-order valence-electron chi connectivity index (χ2n) is 1.97. The van der Waals surface area contributed by atoms with Gasteiger partial charge in [0, 0.05) is 13.2 Å². The third-order valence-corrected chi connectivity index (χ3v) is 1.25. The SMILES string of the molecule is Cn1ccc(O)c1C(=O)O. The van der Waals surface area contributed by atoms with Crippen molar-refractivity contribution in [1.29, 1.82) is 0 Å². The first-order chi connectivity index (χ1) is 4.63. The summed E-state index contributed by atoms with van der Waals surface area (Å²) in [4.78, 5) is 10.3. The molecule has 0 radical (unpaired) electrons. The predicted molar refractivity (Wildman–Crippen MR) is 34.0 cm³/mol. The quantitative estimate of drug-likeness (QED) is 0.596. The minimum Gasteiger partial charge on any atom is -0.505 e. The monoisotopic (exact) mass is 141 g/mol. The van der Waals surface area contributed by atoms with Gasteiger partial charge in [-0.05, 0) is 6.07 Å². The number of aromatic carboxylic acids is 1. The largest absolute Gasteiger partial charge is 0.505 e. The minimum absolute atomic E-state index is 0.0833. The Morgan fingerprint density at radius 1 is 1.70 bits per heavy atom. The highest BCUT2D eigenvalue weighted by Gasteiger charge is 2.12. The number of carboxylic acids is 1. The van der Waals surface area contributed by atoms with E-state index in [1.165, 1.54) is 16.8 Å². The molecule has 0 aliphatic rings. The summed E-state index contributed by atoms with van der Waals surface area (Å²) in [6.07, 6.45) is 1.48. The predicted octanol–water partition coefficient (Wildman–Crippen LogP) is 0.429. The van der Waals surface area contributed by atoms with E-state index in [1.54, 1.807) is 7.05 Å². The van der Waals surface area contributed by atoms with Gasteiger partial charge in [-0.25, -0.2) is 4.79 Å². The van der Waals surface area contributed by atoms with Crippen molar-refractivity contribution in [3.63, 3.8) is 0 Å². The molecule has 1 rings (SSSR count). The molecule has 0 saturated heterocycles. The third kappa shape index (κ3) is 0.834. The van der Waals surface area contributed by atoms with E-state index in [-0.39, 0.29) is 11.4 Å². The van der Waals surface area contributed by atoms with Crippen LogP contribution in [0.15, 0.2) is 12.3 Å². The van der Waals surface area contributed by atoms with E-state index >= 15 is 0 Å². The number of carbonyl (C=O) groups is 1. The number of aromatic nitrogens is 1. The Hall–Kier alpha value is -1.45. The van der Waals surface area contributed by atoms with Crippen LogP contribution in [0.5, 0.6) is 5.75 Å². The summed E-state index contributed by atoms with van der Waals surface area (Å²) < 4.78 is 1.34. The zero-order valence-corrected chi connectivity index (χ0v) is 5.40. The first kappa shape index (κ1) is 6.67. The van der Waals surface area contributed by atoms with Crippen molar-refractivity contribution in [3.05, 3.63) is 18.0 Å². The van der Waals surface area contributed by atoms with Crippen molar-refractivity contribution >= 4 is 5.97 Å². The third-order valence-electron chi connectivity index (χ3n) is 1.25. The Kier molecular flexibility index (Phi) is 1.37. The molecule has 0 fully saturated rings. The van der Waals surface area contributed by atoms with Crippen LogP contribution >= 0.6 is 0 Å². The number of rotatable bonds is 1. The van der Waals surface area contributed by atoms with Crippen molar-refractivity contribution in [3.8, 4) is 5.75 Å². The van der Waals surface area contributed by atoms with E-state index in [9.17, 15) is 4.79 Å². The van der Waals surface area contributed by atoms with Gasteiger partial charge in [-0.3, -0.25) is 0 Å². The molecule has 10 heavy (non-hydrogen) atoms. The van der Waals surface area contributed by atoms with Crippen molar-refractivity contribution in [2.45, 2.75) is 0 Å². The highest BCUT2D eigenvalue weighted by Crippen LogP contribution is 2.15. The zero-order chi connectivity index (χ0) is 7.72. The van der Waals surface area contributed by atoms with Gasteiger partial charge in [-0.1, -0.05) is 0 Å². The highest BCUT2D eigenvalue weighted by atomic mass is 16.4. The molecular formula is C6H7NO3. The van der Waals surface area contributed by atoms with Gasteiger partial charge in [-0.2, -0.15) is 0 Å². The average molecular weight is 141 g/mol. The molecule has 0 aliphatic carbocycles. The topological polar surface area (TPSA) is 62.5 Å². The highest BCUT2D eigenvalue weighted by molar-refractivity contribution is 5.88. The summed E-state index contributed by atoms with van der Waals surface area (Å²) in [6, 6.07) is 1.34. The Morgan fingerprint density at radius 2 is 2.30 bits per heavy atom. The second kappa shape index (κ2) is 2.06. The van der Waals surface area contributed by atoms with E-state index < -0.39 is 5.97 Å². The van der Waals surface area contributed by atoms with Crippen LogP contribution in [0.25, 0.3) is 0 Å². The molecule has 0 spiro atoms. The van der Waals surface area contributed by atoms with Gasteiger partial charge in [-0.15, -0.1) is 0 Å². The van der Waals surface area contributed by atoms with E-state index in [1.807, 2.05) is 0 Å². The van der Waals surface area contributed by atoms with Crippen LogP contribution in [0.1, 0.15) is 10.5 Å². The fourth-order valence-electron chi connectivity index (χ4n) is 0.777. The molecule has 0 bridgehead atoms. The first-order valence-electron chi connectivity index (χ1n) is 2.70. The van der Waals surface area contributed by atoms with E-state index in [0.717, 1.165) is 0 Å². The fourth-order valence-corrected chi connectivity index (χ4v) is 0.777. The molecule has 4 heteroatoms. The number of aryl methyl sites for hydroxylation is 1. The molecule has 0 saturated carbocycles. The molecule has 4 nitrogen and oxygen atoms in total. The Bertz CT molecular complexity index is 244. The Morgan fingerprint density at radius 3 is 2.50 bits per heavy atom. The standard InChI is InChI=1S/C6H7NO3/c1-7-3-2-4(8)5(7)6(9)10/h2-3,8H,1H3,(H,9,10). The number of nitrogens with zero attached hydrogens (tertiary/aromatic N) is 1. The van der Waals surface area contributed by atoms with Crippen LogP contribution in [-0.4, -0.2) is 20.7 Å². The maximum absolute atomic E-state index is 10.3. The van der Waals surface area contributed by atoms with Crippen LogP contribution in [-0.2, 0) is 7.05 Å². The van der Waals surface area contributed by atoms with Gasteiger partial charge in [0.15, 0.2) is 5.69 Å². The smallest absolute Gasteiger partial charge is 0.356 e. The number of carboxylic acid groups (broad SMARTS) is 1. The summed E-state index contributed by atoms with van der Waals surface area (Å²) in [6.45, 7) is 0. The molecule has 1 aromatic rings. The second-order valence-corrected chi connectivity index (χ2v) is 1.97. The van der Waals surface area contributed by atoms with Crippen molar-refractivity contribution in [1.82, 2.24) is 4.57 Å². The molecule has 0 atom stereocenters. The average Bonchev–Trinajstić information content (AvgIpc) is 2.11. The molecule has 1 aromatic heterocycles. The summed E-state index contributed by atoms with van der Waals surface area (Å²) in [5.74, 6) is -1.32. The zero-order valence-electron chi connectivity index (χ0n) is 5.40. The maximum Gasteiger partial charge on any atom is 0.356 e. The lowest BCUT2D eigenvalue weighted by Crippen LogP contribution is -2.03. The Balaban J connectivity index is 3.23. The summed E-state index contributed by atoms with van der Waals surface area (Å²) in [5, 5.41) is 17.4. The summed E-state index contributed by atoms with van der Waals surface area (Å²) in [5.41, 5.74) is -0.0833. The van der Waals surface area contributed by atoms with Gasteiger partial charge < -0.3 is 14.8 Å². The summed E-state index contributed by atoms with van der Waals surface area (Å²) >= 11 is 0. The number of hydrogen-bond acceptors (Lipinski definition) is 2. The molecule has 54 valence electrons. The molecule has 0 aromatic carbocycles. The number of aromatic hydroxyl groups is 1. The van der Waals surface area contributed by atoms with E-state index in [4.69, 9.17) is 10.2 Å². The Labute approximate surface area is 57.3 Å². The van der Waals surface area contributed by atoms with E-state index in [0.29, 0.717) is 0 Å². The van der Waals surface area contributed by atoms with Crippen LogP contribution in [0.4, 0.5) is 0 Å². The van der Waals surface area contributed by atoms with Crippen LogP contribution < -0.4 is 0 Å². The van der Waals surface area contributed by atoms with E-state index in [2.05, 4.69) is 0 Å². The maximum atomic E-state index is 10.3. The van der Waals surface area contributed by atoms with Gasteiger partial charge in [0.1, 0.15) is 5.75 Å². The number of hydrogen-bond donors (Lipinski definition) is 2. The van der Waals surface area contributed by atoms with Gasteiger partial charge in [0.2, 0.25) is 0 Å². The van der Waals surface area contributed by atoms with Gasteiger partial charge in [0.05, 0.1) is 0 Å². The summed E-state index contributed by atoms with van der Waals surface area (Å²) in [7, 11) is 1.56. The lowest BCUT2D eigenvalue weighted by Gasteiger charge is -1.95. The van der Waals surface area contributed by atoms with Gasteiger partial charge >= 0.3 is 5.97 Å². The van der Waals surface area contributed by atoms with Crippen LogP contribution in [0.3, 0.4) is 0 Å². The lowest BCUT2D eigenvalue weighted by molar-refractivity contribution is 0.0683. The molecule has 0 unspecified atom stereocenters. The van der Waals surface area contributed by atoms with Crippen molar-refractivity contribution in [2.75, 3.05) is 0 Å². The van der Waals surface area contributed by atoms with Gasteiger partial charge in [0.25, 0.3) is 0 Å². The van der Waals surface area contributed by atoms with Crippen molar-refractivity contribution in [2.24, 2.45) is 7.05 Å². The first-order valence-corrected chi connectivity index (χ1v) is 2.70. The van der Waals surface area contributed by atoms with Crippen molar-refractivity contribution < 1.29 is 15.0 Å². The molecular weight excluding hydrogens is 134 g/mol. The minimum atomic E-state index is -1.12. The molecule has 0 amide bonds. The molecule has 2 N–H and O–H groups in total.